The molecule has 6 nitrogen and oxygen atoms in total. The van der Waals surface area contributed by atoms with Crippen LogP contribution in [0.5, 0.6) is 0 Å². The number of nitrogens with one attached hydrogen (secondary N) is 3. The van der Waals surface area contributed by atoms with Gasteiger partial charge in [-0.15, -0.1) is 0 Å². The van der Waals surface area contributed by atoms with E-state index in [0.717, 1.165) is 12.8 Å². The molecular weight excluding hydrogens is 330 g/mol. The summed E-state index contributed by atoms with van der Waals surface area (Å²) in [7, 11) is 0. The van der Waals surface area contributed by atoms with E-state index in [1.807, 2.05) is 0 Å². The van der Waals surface area contributed by atoms with Gasteiger partial charge in [0, 0.05) is 36.0 Å². The van der Waals surface area contributed by atoms with Crippen molar-refractivity contribution in [2.45, 2.75) is 26.7 Å². The van der Waals surface area contributed by atoms with E-state index >= 15 is 0 Å². The zero-order valence-electron chi connectivity index (χ0n) is 15.0. The van der Waals surface area contributed by atoms with Gasteiger partial charge in [-0.2, -0.15) is 0 Å². The Bertz CT molecular complexity index is 785. The average molecular weight is 353 g/mol. The summed E-state index contributed by atoms with van der Waals surface area (Å²) in [6.45, 7) is 4.12. The number of amides is 3. The van der Waals surface area contributed by atoms with Gasteiger partial charge in [0.25, 0.3) is 11.8 Å². The molecule has 6 heteroatoms. The Morgan fingerprint density at radius 2 is 1.42 bits per heavy atom. The molecule has 0 aromatic heterocycles. The van der Waals surface area contributed by atoms with Crippen molar-refractivity contribution in [3.8, 4) is 0 Å². The number of unbranched alkanes of at least 4 members (excludes halogenated alkanes) is 1. The highest BCUT2D eigenvalue weighted by molar-refractivity contribution is 6.05. The summed E-state index contributed by atoms with van der Waals surface area (Å²) in [6.07, 6.45) is 1.95. The van der Waals surface area contributed by atoms with E-state index in [-0.39, 0.29) is 17.7 Å². The van der Waals surface area contributed by atoms with Crippen molar-refractivity contribution in [3.63, 3.8) is 0 Å². The van der Waals surface area contributed by atoms with Gasteiger partial charge in [0.15, 0.2) is 0 Å². The Kier molecular flexibility index (Phi) is 6.91. The zero-order chi connectivity index (χ0) is 18.9. The fourth-order valence-electron chi connectivity index (χ4n) is 2.33. The van der Waals surface area contributed by atoms with Gasteiger partial charge in [-0.25, -0.2) is 0 Å². The van der Waals surface area contributed by atoms with Gasteiger partial charge in [0.1, 0.15) is 0 Å². The summed E-state index contributed by atoms with van der Waals surface area (Å²) in [6, 6.07) is 13.4. The molecule has 0 aliphatic carbocycles. The molecule has 0 heterocycles. The minimum atomic E-state index is -0.289. The van der Waals surface area contributed by atoms with Crippen LogP contribution in [0.15, 0.2) is 48.5 Å². The summed E-state index contributed by atoms with van der Waals surface area (Å²) < 4.78 is 0. The maximum Gasteiger partial charge on any atom is 0.255 e. The molecule has 136 valence electrons. The summed E-state index contributed by atoms with van der Waals surface area (Å²) in [5.74, 6) is -0.613. The van der Waals surface area contributed by atoms with Gasteiger partial charge in [0.05, 0.1) is 0 Å². The van der Waals surface area contributed by atoms with Crippen molar-refractivity contribution >= 4 is 29.1 Å². The minimum absolute atomic E-state index is 0.145. The Morgan fingerprint density at radius 3 is 2.00 bits per heavy atom. The number of benzene rings is 2. The number of carbonyl (C=O) groups excluding carboxylic acids is 3. The second kappa shape index (κ2) is 9.36. The van der Waals surface area contributed by atoms with Crippen LogP contribution in [-0.4, -0.2) is 24.3 Å². The monoisotopic (exact) mass is 353 g/mol. The van der Waals surface area contributed by atoms with E-state index in [1.54, 1.807) is 48.5 Å². The summed E-state index contributed by atoms with van der Waals surface area (Å²) in [4.78, 5) is 35.4. The van der Waals surface area contributed by atoms with Crippen molar-refractivity contribution in [2.75, 3.05) is 17.2 Å². The van der Waals surface area contributed by atoms with Crippen molar-refractivity contribution in [1.82, 2.24) is 5.32 Å². The Labute approximate surface area is 153 Å². The standard InChI is InChI=1S/C20H23N3O3/c1-3-4-12-21-19(25)15-8-10-16(11-9-15)20(26)23-18-7-5-6-17(13-18)22-14(2)24/h5-11,13H,3-4,12H2,1-2H3,(H,21,25)(H,22,24)(H,23,26). The predicted octanol–water partition coefficient (Wildman–Crippen LogP) is 3.43. The van der Waals surface area contributed by atoms with E-state index in [0.29, 0.717) is 29.0 Å². The molecule has 0 unspecified atom stereocenters. The van der Waals surface area contributed by atoms with Crippen LogP contribution in [0.3, 0.4) is 0 Å². The van der Waals surface area contributed by atoms with Gasteiger partial charge < -0.3 is 16.0 Å². The number of hydrogen-bond acceptors (Lipinski definition) is 3. The van der Waals surface area contributed by atoms with Gasteiger partial charge in [-0.05, 0) is 48.9 Å². The van der Waals surface area contributed by atoms with E-state index in [2.05, 4.69) is 22.9 Å². The smallest absolute Gasteiger partial charge is 0.255 e. The molecule has 0 saturated carbocycles. The molecule has 2 aromatic rings. The Hall–Kier alpha value is -3.15. The number of carbonyl (C=O) groups is 3. The molecule has 0 saturated heterocycles. The third kappa shape index (κ3) is 5.73. The minimum Gasteiger partial charge on any atom is -0.352 e. The molecule has 0 spiro atoms. The topological polar surface area (TPSA) is 87.3 Å². The Morgan fingerprint density at radius 1 is 0.846 bits per heavy atom. The highest BCUT2D eigenvalue weighted by Crippen LogP contribution is 2.16. The van der Waals surface area contributed by atoms with Crippen LogP contribution < -0.4 is 16.0 Å². The van der Waals surface area contributed by atoms with Crippen LogP contribution in [0.1, 0.15) is 47.4 Å². The molecule has 26 heavy (non-hydrogen) atoms. The van der Waals surface area contributed by atoms with Crippen molar-refractivity contribution in [3.05, 3.63) is 59.7 Å². The average Bonchev–Trinajstić information content (AvgIpc) is 2.61. The van der Waals surface area contributed by atoms with E-state index in [9.17, 15) is 14.4 Å². The maximum atomic E-state index is 12.3. The Balaban J connectivity index is 1.99. The van der Waals surface area contributed by atoms with Gasteiger partial charge in [-0.1, -0.05) is 19.4 Å². The van der Waals surface area contributed by atoms with Crippen LogP contribution in [-0.2, 0) is 4.79 Å². The van der Waals surface area contributed by atoms with E-state index in [1.165, 1.54) is 6.92 Å². The summed E-state index contributed by atoms with van der Waals surface area (Å²) >= 11 is 0. The SMILES string of the molecule is CCCCNC(=O)c1ccc(C(=O)Nc2cccc(NC(C)=O)c2)cc1. The molecular formula is C20H23N3O3. The second-order valence-corrected chi connectivity index (χ2v) is 5.90. The van der Waals surface area contributed by atoms with Crippen molar-refractivity contribution < 1.29 is 14.4 Å². The highest BCUT2D eigenvalue weighted by Gasteiger charge is 2.09. The molecule has 3 N–H and O–H groups in total. The fraction of sp³-hybridized carbons (Fsp3) is 0.250. The zero-order valence-corrected chi connectivity index (χ0v) is 15.0. The molecule has 0 fully saturated rings. The molecule has 0 aliphatic heterocycles. The number of hydrogen-bond donors (Lipinski definition) is 3. The first-order valence-electron chi connectivity index (χ1n) is 8.57. The van der Waals surface area contributed by atoms with Gasteiger partial charge in [-0.3, -0.25) is 14.4 Å². The lowest BCUT2D eigenvalue weighted by molar-refractivity contribution is -0.114. The van der Waals surface area contributed by atoms with Crippen LogP contribution >= 0.6 is 0 Å². The van der Waals surface area contributed by atoms with Gasteiger partial charge in [0.2, 0.25) is 5.91 Å². The van der Waals surface area contributed by atoms with Crippen LogP contribution in [0, 0.1) is 0 Å². The normalized spacial score (nSPS) is 10.1. The van der Waals surface area contributed by atoms with Crippen LogP contribution in [0.4, 0.5) is 11.4 Å². The lowest BCUT2D eigenvalue weighted by Gasteiger charge is -2.09. The number of anilines is 2. The molecule has 2 rings (SSSR count). The molecule has 0 bridgehead atoms. The fourth-order valence-corrected chi connectivity index (χ4v) is 2.33. The van der Waals surface area contributed by atoms with Crippen LogP contribution in [0.25, 0.3) is 0 Å². The molecule has 0 aliphatic rings. The van der Waals surface area contributed by atoms with E-state index in [4.69, 9.17) is 0 Å². The first-order chi connectivity index (χ1) is 12.5. The lowest BCUT2D eigenvalue weighted by atomic mass is 10.1. The highest BCUT2D eigenvalue weighted by atomic mass is 16.2. The number of rotatable bonds is 7. The van der Waals surface area contributed by atoms with Gasteiger partial charge >= 0.3 is 0 Å². The molecule has 3 amide bonds. The van der Waals surface area contributed by atoms with Crippen molar-refractivity contribution in [1.29, 1.82) is 0 Å². The largest absolute Gasteiger partial charge is 0.352 e. The first-order valence-corrected chi connectivity index (χ1v) is 8.57. The lowest BCUT2D eigenvalue weighted by Crippen LogP contribution is -2.24. The predicted molar refractivity (Wildman–Crippen MR) is 102 cm³/mol. The van der Waals surface area contributed by atoms with E-state index < -0.39 is 0 Å². The second-order valence-electron chi connectivity index (χ2n) is 5.90. The first kappa shape index (κ1) is 19.2. The van der Waals surface area contributed by atoms with Crippen LogP contribution in [0.2, 0.25) is 0 Å². The maximum absolute atomic E-state index is 12.3. The summed E-state index contributed by atoms with van der Waals surface area (Å²) in [5, 5.41) is 8.27. The molecule has 0 atom stereocenters. The van der Waals surface area contributed by atoms with Crippen molar-refractivity contribution in [2.24, 2.45) is 0 Å². The third-order valence-electron chi connectivity index (χ3n) is 3.67. The quantitative estimate of drug-likeness (QED) is 0.667. The summed E-state index contributed by atoms with van der Waals surface area (Å²) in [5.41, 5.74) is 2.14. The molecule has 2 aromatic carbocycles. The third-order valence-corrected chi connectivity index (χ3v) is 3.67. The molecule has 0 radical (unpaired) electrons.